The third kappa shape index (κ3) is 2.34. The summed E-state index contributed by atoms with van der Waals surface area (Å²) in [5, 5.41) is 0.526. The molecule has 0 amide bonds. The number of pyridine rings is 1. The van der Waals surface area contributed by atoms with E-state index >= 15 is 0 Å². The quantitative estimate of drug-likeness (QED) is 0.588. The van der Waals surface area contributed by atoms with Crippen LogP contribution in [0.3, 0.4) is 0 Å². The molecule has 0 spiro atoms. The molecule has 0 unspecified atom stereocenters. The number of anilines is 1. The Labute approximate surface area is 94.7 Å². The summed E-state index contributed by atoms with van der Waals surface area (Å²) in [5.41, 5.74) is 0. The molecule has 1 aliphatic heterocycles. The van der Waals surface area contributed by atoms with Gasteiger partial charge in [0, 0.05) is 18.0 Å². The Morgan fingerprint density at radius 1 is 1.21 bits per heavy atom. The van der Waals surface area contributed by atoms with Crippen LogP contribution in [-0.4, -0.2) is 18.1 Å². The Morgan fingerprint density at radius 2 is 1.93 bits per heavy atom. The molecule has 1 aromatic rings. The van der Waals surface area contributed by atoms with E-state index < -0.39 is 0 Å². The minimum absolute atomic E-state index is 0.526. The van der Waals surface area contributed by atoms with Gasteiger partial charge in [0.1, 0.15) is 11.0 Å². The maximum atomic E-state index is 5.88. The normalized spacial score (nSPS) is 17.1. The molecule has 1 aliphatic rings. The zero-order valence-electron chi connectivity index (χ0n) is 7.91. The molecule has 14 heavy (non-hydrogen) atoms. The van der Waals surface area contributed by atoms with Crippen molar-refractivity contribution in [2.75, 3.05) is 18.0 Å². The third-order valence-electron chi connectivity index (χ3n) is 2.45. The molecule has 0 N–H and O–H groups in total. The summed E-state index contributed by atoms with van der Waals surface area (Å²) in [5.74, 6) is 0.960. The molecule has 1 fully saturated rings. The zero-order chi connectivity index (χ0) is 9.97. The Bertz CT molecular complexity index is 304. The summed E-state index contributed by atoms with van der Waals surface area (Å²) in [6.45, 7) is 2.17. The second kappa shape index (κ2) is 4.41. The van der Waals surface area contributed by atoms with Crippen molar-refractivity contribution >= 4 is 30.0 Å². The van der Waals surface area contributed by atoms with Gasteiger partial charge < -0.3 is 4.90 Å². The highest BCUT2D eigenvalue weighted by Crippen LogP contribution is 2.23. The fourth-order valence-electron chi connectivity index (χ4n) is 1.75. The van der Waals surface area contributed by atoms with Crippen molar-refractivity contribution in [3.8, 4) is 0 Å². The van der Waals surface area contributed by atoms with E-state index in [2.05, 4.69) is 22.5 Å². The van der Waals surface area contributed by atoms with Crippen molar-refractivity contribution in [2.24, 2.45) is 0 Å². The van der Waals surface area contributed by atoms with Crippen molar-refractivity contribution in [1.29, 1.82) is 0 Å². The van der Waals surface area contributed by atoms with Gasteiger partial charge in [0.05, 0.1) is 0 Å². The predicted octanol–water partition coefficient (Wildman–Crippen LogP) is 3.01. The maximum Gasteiger partial charge on any atom is 0.132 e. The Morgan fingerprint density at radius 3 is 2.57 bits per heavy atom. The molecule has 2 heterocycles. The van der Waals surface area contributed by atoms with Crippen LogP contribution in [-0.2, 0) is 0 Å². The average Bonchev–Trinajstić information content (AvgIpc) is 2.18. The number of rotatable bonds is 1. The lowest BCUT2D eigenvalue weighted by Gasteiger charge is -2.27. The van der Waals surface area contributed by atoms with Crippen molar-refractivity contribution in [2.45, 2.75) is 24.2 Å². The number of nitrogens with zero attached hydrogens (tertiary/aromatic N) is 2. The number of piperidine rings is 1. The van der Waals surface area contributed by atoms with Gasteiger partial charge in [-0.1, -0.05) is 11.6 Å². The van der Waals surface area contributed by atoms with E-state index in [0.29, 0.717) is 5.15 Å². The van der Waals surface area contributed by atoms with Crippen LogP contribution in [0.2, 0.25) is 5.15 Å². The Balaban J connectivity index is 2.21. The lowest BCUT2D eigenvalue weighted by molar-refractivity contribution is 0.573. The van der Waals surface area contributed by atoms with Gasteiger partial charge >= 0.3 is 0 Å². The van der Waals surface area contributed by atoms with Gasteiger partial charge in [-0.3, -0.25) is 0 Å². The number of thiol groups is 1. The first-order valence-electron chi connectivity index (χ1n) is 4.87. The summed E-state index contributed by atoms with van der Waals surface area (Å²) in [6, 6.07) is 3.73. The molecule has 0 radical (unpaired) electrons. The number of hydrogen-bond acceptors (Lipinski definition) is 3. The molecule has 0 aliphatic carbocycles. The van der Waals surface area contributed by atoms with Gasteiger partial charge in [0.25, 0.3) is 0 Å². The second-order valence-corrected chi connectivity index (χ2v) is 4.46. The van der Waals surface area contributed by atoms with Crippen LogP contribution < -0.4 is 4.90 Å². The van der Waals surface area contributed by atoms with Crippen LogP contribution in [0.4, 0.5) is 5.82 Å². The van der Waals surface area contributed by atoms with E-state index in [4.69, 9.17) is 11.6 Å². The highest BCUT2D eigenvalue weighted by molar-refractivity contribution is 7.80. The fraction of sp³-hybridized carbons (Fsp3) is 0.500. The Hall–Kier alpha value is -0.410. The second-order valence-electron chi connectivity index (χ2n) is 3.55. The number of hydrogen-bond donors (Lipinski definition) is 1. The molecular formula is C10H13ClN2S. The van der Waals surface area contributed by atoms with Crippen molar-refractivity contribution < 1.29 is 0 Å². The molecule has 0 atom stereocenters. The summed E-state index contributed by atoms with van der Waals surface area (Å²) in [7, 11) is 0. The summed E-state index contributed by atoms with van der Waals surface area (Å²) >= 11 is 10.2. The molecule has 0 bridgehead atoms. The molecule has 1 aromatic heterocycles. The number of halogens is 1. The first-order valence-corrected chi connectivity index (χ1v) is 5.70. The molecule has 0 saturated carbocycles. The van der Waals surface area contributed by atoms with Crippen molar-refractivity contribution in [1.82, 2.24) is 4.98 Å². The van der Waals surface area contributed by atoms with Crippen LogP contribution in [0.5, 0.6) is 0 Å². The third-order valence-corrected chi connectivity index (χ3v) is 2.90. The maximum absolute atomic E-state index is 5.88. The first-order chi connectivity index (χ1) is 6.75. The summed E-state index contributed by atoms with van der Waals surface area (Å²) < 4.78 is 0. The van der Waals surface area contributed by atoms with Crippen LogP contribution in [0.25, 0.3) is 0 Å². The minimum Gasteiger partial charge on any atom is -0.357 e. The van der Waals surface area contributed by atoms with E-state index in [9.17, 15) is 0 Å². The topological polar surface area (TPSA) is 16.1 Å². The minimum atomic E-state index is 0.526. The molecular weight excluding hydrogens is 216 g/mol. The molecule has 0 aromatic carbocycles. The van der Waals surface area contributed by atoms with Gasteiger partial charge in [0.15, 0.2) is 0 Å². The standard InChI is InChI=1S/C10H13ClN2S/c11-9-6-8(14)7-10(12-9)13-4-2-1-3-5-13/h6-7H,1-5H2,(H,12,14). The highest BCUT2D eigenvalue weighted by atomic mass is 35.5. The largest absolute Gasteiger partial charge is 0.357 e. The van der Waals surface area contributed by atoms with Gasteiger partial charge in [-0.05, 0) is 31.4 Å². The fourth-order valence-corrected chi connectivity index (χ4v) is 2.27. The van der Waals surface area contributed by atoms with Gasteiger partial charge in [-0.2, -0.15) is 0 Å². The van der Waals surface area contributed by atoms with E-state index in [1.807, 2.05) is 6.07 Å². The first kappa shape index (κ1) is 10.1. The van der Waals surface area contributed by atoms with E-state index in [0.717, 1.165) is 23.8 Å². The average molecular weight is 229 g/mol. The summed E-state index contributed by atoms with van der Waals surface area (Å²) in [6.07, 6.45) is 3.82. The van der Waals surface area contributed by atoms with Crippen LogP contribution in [0, 0.1) is 0 Å². The van der Waals surface area contributed by atoms with E-state index in [1.165, 1.54) is 19.3 Å². The zero-order valence-corrected chi connectivity index (χ0v) is 9.56. The van der Waals surface area contributed by atoms with Gasteiger partial charge in [-0.25, -0.2) is 4.98 Å². The van der Waals surface area contributed by atoms with Crippen LogP contribution in [0.15, 0.2) is 17.0 Å². The molecule has 2 nitrogen and oxygen atoms in total. The lowest BCUT2D eigenvalue weighted by atomic mass is 10.1. The van der Waals surface area contributed by atoms with Crippen LogP contribution in [0.1, 0.15) is 19.3 Å². The molecule has 1 saturated heterocycles. The smallest absolute Gasteiger partial charge is 0.132 e. The molecule has 2 rings (SSSR count). The van der Waals surface area contributed by atoms with E-state index in [-0.39, 0.29) is 0 Å². The van der Waals surface area contributed by atoms with Gasteiger partial charge in [0.2, 0.25) is 0 Å². The monoisotopic (exact) mass is 228 g/mol. The lowest BCUT2D eigenvalue weighted by Crippen LogP contribution is -2.30. The van der Waals surface area contributed by atoms with E-state index in [1.54, 1.807) is 6.07 Å². The van der Waals surface area contributed by atoms with Crippen LogP contribution >= 0.6 is 24.2 Å². The van der Waals surface area contributed by atoms with Crippen molar-refractivity contribution in [3.05, 3.63) is 17.3 Å². The number of aromatic nitrogens is 1. The highest BCUT2D eigenvalue weighted by Gasteiger charge is 2.12. The SMILES string of the molecule is Sc1cc(Cl)nc(N2CCCCC2)c1. The van der Waals surface area contributed by atoms with Crippen molar-refractivity contribution in [3.63, 3.8) is 0 Å². The molecule has 76 valence electrons. The summed E-state index contributed by atoms with van der Waals surface area (Å²) in [4.78, 5) is 7.45. The predicted molar refractivity (Wildman–Crippen MR) is 62.6 cm³/mol. The Kier molecular flexibility index (Phi) is 3.19. The van der Waals surface area contributed by atoms with Gasteiger partial charge in [-0.15, -0.1) is 12.6 Å². The molecule has 4 heteroatoms.